The van der Waals surface area contributed by atoms with Crippen LogP contribution in [0.2, 0.25) is 5.04 Å². The molecule has 30 heavy (non-hydrogen) atoms. The summed E-state index contributed by atoms with van der Waals surface area (Å²) in [6.45, 7) is 7.82. The van der Waals surface area contributed by atoms with Crippen LogP contribution in [-0.4, -0.2) is 21.5 Å². The van der Waals surface area contributed by atoms with E-state index in [-0.39, 0.29) is 10.9 Å². The summed E-state index contributed by atoms with van der Waals surface area (Å²) in [5.41, 5.74) is 7.02. The normalized spacial score (nSPS) is 12.0. The molecule has 0 fully saturated rings. The van der Waals surface area contributed by atoms with Gasteiger partial charge in [0.25, 0.3) is 8.32 Å². The molecule has 0 saturated heterocycles. The average Bonchev–Trinajstić information content (AvgIpc) is 2.72. The van der Waals surface area contributed by atoms with Gasteiger partial charge in [0, 0.05) is 12.6 Å². The van der Waals surface area contributed by atoms with Crippen LogP contribution in [0, 0.1) is 5.82 Å². The highest BCUT2D eigenvalue weighted by molar-refractivity contribution is 9.10. The SMILES string of the molecule is CC(C)(C)[Si](OCCNc1cc(Br)c(F)cc1N)(c1ccccc1)c1ccccc1. The highest BCUT2D eigenvalue weighted by Gasteiger charge is 2.49. The fourth-order valence-corrected chi connectivity index (χ4v) is 8.77. The van der Waals surface area contributed by atoms with Crippen molar-refractivity contribution in [2.24, 2.45) is 0 Å². The second-order valence-electron chi connectivity index (χ2n) is 8.29. The van der Waals surface area contributed by atoms with Crippen LogP contribution in [0.15, 0.2) is 77.3 Å². The number of rotatable bonds is 7. The zero-order valence-corrected chi connectivity index (χ0v) is 20.2. The van der Waals surface area contributed by atoms with Crippen LogP contribution in [0.3, 0.4) is 0 Å². The quantitative estimate of drug-likeness (QED) is 0.275. The summed E-state index contributed by atoms with van der Waals surface area (Å²) in [6.07, 6.45) is 0. The Kier molecular flexibility index (Phi) is 7.01. The summed E-state index contributed by atoms with van der Waals surface area (Å²) in [4.78, 5) is 0. The van der Waals surface area contributed by atoms with Gasteiger partial charge in [0.15, 0.2) is 0 Å². The molecule has 0 unspecified atom stereocenters. The Labute approximate surface area is 187 Å². The summed E-state index contributed by atoms with van der Waals surface area (Å²) in [6, 6.07) is 24.0. The molecule has 0 atom stereocenters. The van der Waals surface area contributed by atoms with Gasteiger partial charge >= 0.3 is 0 Å². The van der Waals surface area contributed by atoms with Gasteiger partial charge in [0.2, 0.25) is 0 Å². The van der Waals surface area contributed by atoms with Crippen molar-refractivity contribution >= 4 is 46.0 Å². The molecule has 0 aromatic heterocycles. The third-order valence-electron chi connectivity index (χ3n) is 5.25. The lowest BCUT2D eigenvalue weighted by Crippen LogP contribution is -2.66. The lowest BCUT2D eigenvalue weighted by Gasteiger charge is -2.43. The fraction of sp³-hybridized carbons (Fsp3) is 0.250. The Morgan fingerprint density at radius 3 is 2.00 bits per heavy atom. The number of anilines is 2. The van der Waals surface area contributed by atoms with E-state index in [1.807, 2.05) is 12.1 Å². The van der Waals surface area contributed by atoms with Crippen LogP contribution in [0.25, 0.3) is 0 Å². The molecule has 0 heterocycles. The van der Waals surface area contributed by atoms with Gasteiger partial charge in [-0.15, -0.1) is 0 Å². The van der Waals surface area contributed by atoms with Gasteiger partial charge in [-0.25, -0.2) is 4.39 Å². The van der Waals surface area contributed by atoms with Crippen molar-refractivity contribution in [1.29, 1.82) is 0 Å². The molecular weight excluding hydrogens is 459 g/mol. The van der Waals surface area contributed by atoms with E-state index >= 15 is 0 Å². The lowest BCUT2D eigenvalue weighted by atomic mass is 10.2. The van der Waals surface area contributed by atoms with Crippen LogP contribution in [0.5, 0.6) is 0 Å². The Balaban J connectivity index is 1.88. The average molecular weight is 487 g/mol. The van der Waals surface area contributed by atoms with E-state index in [0.717, 1.165) is 0 Å². The van der Waals surface area contributed by atoms with Crippen LogP contribution >= 0.6 is 15.9 Å². The molecule has 3 rings (SSSR count). The number of nitrogen functional groups attached to an aromatic ring is 1. The molecule has 0 aliphatic heterocycles. The first kappa shape index (κ1) is 22.5. The predicted octanol–water partition coefficient (Wildman–Crippen LogP) is 5.16. The van der Waals surface area contributed by atoms with Crippen LogP contribution in [0.1, 0.15) is 20.8 Å². The summed E-state index contributed by atoms with van der Waals surface area (Å²) in [5, 5.41) is 5.69. The molecular formula is C24H28BrFN2OSi. The van der Waals surface area contributed by atoms with Crippen molar-refractivity contribution in [3.63, 3.8) is 0 Å². The van der Waals surface area contributed by atoms with Gasteiger partial charge in [-0.1, -0.05) is 81.4 Å². The van der Waals surface area contributed by atoms with Crippen LogP contribution in [-0.2, 0) is 4.43 Å². The Morgan fingerprint density at radius 1 is 0.967 bits per heavy atom. The molecule has 3 aromatic carbocycles. The van der Waals surface area contributed by atoms with Gasteiger partial charge in [-0.2, -0.15) is 0 Å². The largest absolute Gasteiger partial charge is 0.406 e. The van der Waals surface area contributed by atoms with Gasteiger partial charge < -0.3 is 15.5 Å². The van der Waals surface area contributed by atoms with Crippen LogP contribution in [0.4, 0.5) is 15.8 Å². The van der Waals surface area contributed by atoms with Crippen molar-refractivity contribution in [3.8, 4) is 0 Å². The number of hydrogen-bond acceptors (Lipinski definition) is 3. The first-order valence-corrected chi connectivity index (χ1v) is 12.7. The monoisotopic (exact) mass is 486 g/mol. The predicted molar refractivity (Wildman–Crippen MR) is 131 cm³/mol. The van der Waals surface area contributed by atoms with Crippen molar-refractivity contribution in [2.45, 2.75) is 25.8 Å². The summed E-state index contributed by atoms with van der Waals surface area (Å²) in [7, 11) is -2.56. The number of halogens is 2. The Morgan fingerprint density at radius 2 is 1.50 bits per heavy atom. The summed E-state index contributed by atoms with van der Waals surface area (Å²) in [5.74, 6) is -0.374. The first-order valence-electron chi connectivity index (χ1n) is 9.99. The topological polar surface area (TPSA) is 47.3 Å². The maximum Gasteiger partial charge on any atom is 0.261 e. The van der Waals surface area contributed by atoms with Crippen molar-refractivity contribution in [1.82, 2.24) is 0 Å². The van der Waals surface area contributed by atoms with Gasteiger partial charge in [-0.3, -0.25) is 0 Å². The van der Waals surface area contributed by atoms with Gasteiger partial charge in [0.1, 0.15) is 5.82 Å². The molecule has 0 saturated carbocycles. The highest BCUT2D eigenvalue weighted by atomic mass is 79.9. The van der Waals surface area contributed by atoms with E-state index in [0.29, 0.717) is 29.0 Å². The van der Waals surface area contributed by atoms with Crippen LogP contribution < -0.4 is 21.4 Å². The number of nitrogens with two attached hydrogens (primary N) is 1. The van der Waals surface area contributed by atoms with Gasteiger partial charge in [0.05, 0.1) is 22.5 Å². The minimum absolute atomic E-state index is 0.0758. The molecule has 6 heteroatoms. The third-order valence-corrected chi connectivity index (χ3v) is 10.9. The standard InChI is InChI=1S/C24H28BrFN2OSi/c1-24(2,3)30(18-10-6-4-7-11-18,19-12-8-5-9-13-19)29-15-14-28-23-16-20(25)21(26)17-22(23)27/h4-13,16-17,28H,14-15,27H2,1-3H3. The fourth-order valence-electron chi connectivity index (χ4n) is 3.87. The summed E-state index contributed by atoms with van der Waals surface area (Å²) >= 11 is 3.21. The maximum atomic E-state index is 13.6. The number of benzene rings is 3. The third kappa shape index (κ3) is 4.61. The molecule has 158 valence electrons. The molecule has 0 radical (unpaired) electrons. The lowest BCUT2D eigenvalue weighted by molar-refractivity contribution is 0.312. The van der Waals surface area contributed by atoms with E-state index in [9.17, 15) is 4.39 Å². The van der Waals surface area contributed by atoms with Gasteiger partial charge in [-0.05, 0) is 37.4 Å². The van der Waals surface area contributed by atoms with E-state index in [1.165, 1.54) is 16.4 Å². The molecule has 3 nitrogen and oxygen atoms in total. The summed E-state index contributed by atoms with van der Waals surface area (Å²) < 4.78 is 20.9. The Hall–Kier alpha value is -2.15. The van der Waals surface area contributed by atoms with Crippen molar-refractivity contribution in [3.05, 3.63) is 83.1 Å². The molecule has 0 aliphatic rings. The number of nitrogens with one attached hydrogen (secondary N) is 1. The zero-order chi connectivity index (χ0) is 21.8. The zero-order valence-electron chi connectivity index (χ0n) is 17.6. The second kappa shape index (κ2) is 9.33. The first-order chi connectivity index (χ1) is 14.3. The van der Waals surface area contributed by atoms with Crippen molar-refractivity contribution < 1.29 is 8.82 Å². The highest BCUT2D eigenvalue weighted by Crippen LogP contribution is 2.36. The van der Waals surface area contributed by atoms with E-state index in [1.54, 1.807) is 6.07 Å². The van der Waals surface area contributed by atoms with E-state index in [2.05, 4.69) is 90.5 Å². The molecule has 3 aromatic rings. The second-order valence-corrected chi connectivity index (χ2v) is 13.5. The van der Waals surface area contributed by atoms with E-state index < -0.39 is 8.32 Å². The minimum atomic E-state index is -2.56. The maximum absolute atomic E-state index is 13.6. The molecule has 3 N–H and O–H groups in total. The number of hydrogen-bond donors (Lipinski definition) is 2. The van der Waals surface area contributed by atoms with Crippen molar-refractivity contribution in [2.75, 3.05) is 24.2 Å². The molecule has 0 aliphatic carbocycles. The molecule has 0 spiro atoms. The molecule has 0 bridgehead atoms. The van der Waals surface area contributed by atoms with E-state index in [4.69, 9.17) is 10.2 Å². The molecule has 0 amide bonds. The minimum Gasteiger partial charge on any atom is -0.406 e. The smallest absolute Gasteiger partial charge is 0.261 e. The Bertz CT molecular complexity index is 938.